The summed E-state index contributed by atoms with van der Waals surface area (Å²) in [5.41, 5.74) is 8.04. The zero-order valence-corrected chi connectivity index (χ0v) is 12.2. The third kappa shape index (κ3) is 1.85. The first kappa shape index (κ1) is 12.7. The van der Waals surface area contributed by atoms with Crippen LogP contribution < -0.4 is 11.1 Å². The second-order valence-electron chi connectivity index (χ2n) is 4.59. The van der Waals surface area contributed by atoms with E-state index in [1.165, 1.54) is 11.3 Å². The minimum absolute atomic E-state index is 0.226. The number of nitrogens with one attached hydrogen (secondary N) is 1. The molecular weight excluding hydrogens is 276 g/mol. The lowest BCUT2D eigenvalue weighted by atomic mass is 10.2. The number of amides is 1. The standard InChI is InChI=1S/C12H14N6OS/c1-6-8-9(13)10(20-12(8)18(3)16-6)11(19)15-7-4-14-17(2)5-7/h4-5H,13H2,1-3H3,(H,15,19). The number of rotatable bonds is 2. The van der Waals surface area contributed by atoms with Crippen molar-refractivity contribution in [2.45, 2.75) is 6.92 Å². The Kier molecular flexibility index (Phi) is 2.75. The Morgan fingerprint density at radius 3 is 2.80 bits per heavy atom. The molecule has 3 heterocycles. The number of fused-ring (bicyclic) bond motifs is 1. The van der Waals surface area contributed by atoms with E-state index in [0.717, 1.165) is 15.9 Å². The number of carbonyl (C=O) groups is 1. The minimum Gasteiger partial charge on any atom is -0.397 e. The van der Waals surface area contributed by atoms with Crippen molar-refractivity contribution in [1.29, 1.82) is 0 Å². The van der Waals surface area contributed by atoms with Crippen LogP contribution in [0.1, 0.15) is 15.4 Å². The molecule has 3 N–H and O–H groups in total. The molecule has 0 aromatic carbocycles. The zero-order chi connectivity index (χ0) is 14.4. The van der Waals surface area contributed by atoms with Crippen LogP contribution in [0.5, 0.6) is 0 Å². The van der Waals surface area contributed by atoms with Crippen molar-refractivity contribution in [3.8, 4) is 0 Å². The van der Waals surface area contributed by atoms with Crippen LogP contribution in [0.3, 0.4) is 0 Å². The van der Waals surface area contributed by atoms with Gasteiger partial charge >= 0.3 is 0 Å². The summed E-state index contributed by atoms with van der Waals surface area (Å²) in [5, 5.41) is 12.0. The number of thiophene rings is 1. The summed E-state index contributed by atoms with van der Waals surface area (Å²) in [6, 6.07) is 0. The Labute approximate surface area is 119 Å². The Bertz CT molecular complexity index is 811. The van der Waals surface area contributed by atoms with E-state index in [2.05, 4.69) is 15.5 Å². The predicted octanol–water partition coefficient (Wildman–Crippen LogP) is 1.51. The smallest absolute Gasteiger partial charge is 0.268 e. The van der Waals surface area contributed by atoms with Gasteiger partial charge in [0.25, 0.3) is 5.91 Å². The third-order valence-electron chi connectivity index (χ3n) is 3.05. The highest BCUT2D eigenvalue weighted by molar-refractivity contribution is 7.21. The first-order valence-electron chi connectivity index (χ1n) is 5.99. The second-order valence-corrected chi connectivity index (χ2v) is 5.59. The van der Waals surface area contributed by atoms with Gasteiger partial charge in [-0.3, -0.25) is 14.2 Å². The summed E-state index contributed by atoms with van der Waals surface area (Å²) in [7, 11) is 3.63. The van der Waals surface area contributed by atoms with E-state index >= 15 is 0 Å². The molecule has 104 valence electrons. The third-order valence-corrected chi connectivity index (χ3v) is 4.32. The van der Waals surface area contributed by atoms with Gasteiger partial charge in [0.2, 0.25) is 0 Å². The van der Waals surface area contributed by atoms with Crippen LogP contribution in [0.4, 0.5) is 11.4 Å². The fourth-order valence-corrected chi connectivity index (χ4v) is 3.25. The molecule has 3 aromatic heterocycles. The molecule has 0 radical (unpaired) electrons. The van der Waals surface area contributed by atoms with E-state index < -0.39 is 0 Å². The second kappa shape index (κ2) is 4.34. The molecule has 8 heteroatoms. The number of aryl methyl sites for hydroxylation is 3. The van der Waals surface area contributed by atoms with Gasteiger partial charge in [0.05, 0.1) is 28.7 Å². The maximum atomic E-state index is 12.3. The van der Waals surface area contributed by atoms with Gasteiger partial charge in [0.15, 0.2) is 0 Å². The fourth-order valence-electron chi connectivity index (χ4n) is 2.17. The fraction of sp³-hybridized carbons (Fsp3) is 0.250. The van der Waals surface area contributed by atoms with E-state index in [1.807, 2.05) is 14.0 Å². The van der Waals surface area contributed by atoms with Crippen LogP contribution in [-0.4, -0.2) is 25.5 Å². The summed E-state index contributed by atoms with van der Waals surface area (Å²) >= 11 is 1.34. The molecule has 0 atom stereocenters. The van der Waals surface area contributed by atoms with Gasteiger partial charge in [-0.2, -0.15) is 10.2 Å². The van der Waals surface area contributed by atoms with E-state index in [-0.39, 0.29) is 5.91 Å². The molecule has 0 aliphatic heterocycles. The maximum Gasteiger partial charge on any atom is 0.268 e. The molecule has 0 bridgehead atoms. The summed E-state index contributed by atoms with van der Waals surface area (Å²) in [5.74, 6) is -0.226. The Morgan fingerprint density at radius 1 is 1.45 bits per heavy atom. The molecule has 0 fully saturated rings. The van der Waals surface area contributed by atoms with E-state index in [4.69, 9.17) is 5.73 Å². The molecule has 0 unspecified atom stereocenters. The van der Waals surface area contributed by atoms with E-state index in [0.29, 0.717) is 16.3 Å². The average molecular weight is 290 g/mol. The van der Waals surface area contributed by atoms with Crippen LogP contribution >= 0.6 is 11.3 Å². The first-order valence-corrected chi connectivity index (χ1v) is 6.80. The highest BCUT2D eigenvalue weighted by Crippen LogP contribution is 2.35. The molecule has 0 spiro atoms. The lowest BCUT2D eigenvalue weighted by Crippen LogP contribution is -2.11. The molecule has 0 aliphatic carbocycles. The van der Waals surface area contributed by atoms with Crippen LogP contribution in [0.15, 0.2) is 12.4 Å². The molecule has 3 aromatic rings. The number of nitrogens with two attached hydrogens (primary N) is 1. The molecular formula is C12H14N6OS. The summed E-state index contributed by atoms with van der Waals surface area (Å²) in [4.78, 5) is 13.7. The normalized spacial score (nSPS) is 11.2. The lowest BCUT2D eigenvalue weighted by molar-refractivity contribution is 0.103. The topological polar surface area (TPSA) is 90.8 Å². The zero-order valence-electron chi connectivity index (χ0n) is 11.3. The molecule has 7 nitrogen and oxygen atoms in total. The monoisotopic (exact) mass is 290 g/mol. The van der Waals surface area contributed by atoms with Crippen LogP contribution in [0, 0.1) is 6.92 Å². The van der Waals surface area contributed by atoms with Crippen molar-refractivity contribution in [3.05, 3.63) is 23.0 Å². The van der Waals surface area contributed by atoms with Gasteiger partial charge in [0, 0.05) is 20.3 Å². The quantitative estimate of drug-likeness (QED) is 0.748. The number of hydrogen-bond acceptors (Lipinski definition) is 5. The highest BCUT2D eigenvalue weighted by atomic mass is 32.1. The number of hydrogen-bond donors (Lipinski definition) is 2. The van der Waals surface area contributed by atoms with Crippen molar-refractivity contribution in [2.24, 2.45) is 14.1 Å². The molecule has 0 saturated carbocycles. The van der Waals surface area contributed by atoms with Gasteiger partial charge in [0.1, 0.15) is 9.71 Å². The summed E-state index contributed by atoms with van der Waals surface area (Å²) < 4.78 is 3.37. The summed E-state index contributed by atoms with van der Waals surface area (Å²) in [6.07, 6.45) is 3.32. The molecule has 20 heavy (non-hydrogen) atoms. The van der Waals surface area contributed by atoms with Crippen LogP contribution in [0.2, 0.25) is 0 Å². The van der Waals surface area contributed by atoms with Crippen molar-refractivity contribution in [3.63, 3.8) is 0 Å². The molecule has 3 rings (SSSR count). The lowest BCUT2D eigenvalue weighted by Gasteiger charge is -2.01. The van der Waals surface area contributed by atoms with E-state index in [1.54, 1.807) is 28.8 Å². The highest BCUT2D eigenvalue weighted by Gasteiger charge is 2.21. The van der Waals surface area contributed by atoms with Crippen molar-refractivity contribution >= 4 is 38.8 Å². The SMILES string of the molecule is Cc1nn(C)c2sc(C(=O)Nc3cnn(C)c3)c(N)c12. The van der Waals surface area contributed by atoms with Crippen molar-refractivity contribution in [2.75, 3.05) is 11.1 Å². The maximum absolute atomic E-state index is 12.3. The summed E-state index contributed by atoms with van der Waals surface area (Å²) in [6.45, 7) is 1.88. The van der Waals surface area contributed by atoms with Crippen molar-refractivity contribution in [1.82, 2.24) is 19.6 Å². The van der Waals surface area contributed by atoms with E-state index in [9.17, 15) is 4.79 Å². The van der Waals surface area contributed by atoms with Crippen molar-refractivity contribution < 1.29 is 4.79 Å². The van der Waals surface area contributed by atoms with Gasteiger partial charge in [-0.05, 0) is 6.92 Å². The molecule has 1 amide bonds. The van der Waals surface area contributed by atoms with Gasteiger partial charge in [-0.15, -0.1) is 11.3 Å². The Balaban J connectivity index is 1.99. The number of anilines is 2. The Hall–Kier alpha value is -2.35. The molecule has 0 saturated heterocycles. The van der Waals surface area contributed by atoms with Gasteiger partial charge in [-0.25, -0.2) is 0 Å². The first-order chi connectivity index (χ1) is 9.47. The number of nitrogens with zero attached hydrogens (tertiary/aromatic N) is 4. The molecule has 0 aliphatic rings. The van der Waals surface area contributed by atoms with Gasteiger partial charge in [-0.1, -0.05) is 0 Å². The van der Waals surface area contributed by atoms with Crippen LogP contribution in [0.25, 0.3) is 10.2 Å². The number of aromatic nitrogens is 4. The Morgan fingerprint density at radius 2 is 2.20 bits per heavy atom. The van der Waals surface area contributed by atoms with Crippen LogP contribution in [-0.2, 0) is 14.1 Å². The average Bonchev–Trinajstić information content (AvgIpc) is 3.00. The predicted molar refractivity (Wildman–Crippen MR) is 78.9 cm³/mol. The largest absolute Gasteiger partial charge is 0.397 e. The number of carbonyl (C=O) groups excluding carboxylic acids is 1. The van der Waals surface area contributed by atoms with Gasteiger partial charge < -0.3 is 11.1 Å². The minimum atomic E-state index is -0.226. The number of nitrogen functional groups attached to an aromatic ring is 1.